The van der Waals surface area contributed by atoms with Crippen LogP contribution in [0.1, 0.15) is 123 Å². The maximum atomic E-state index is 9.78. The zero-order valence-electron chi connectivity index (χ0n) is 67.2. The minimum Gasteiger partial charge on any atom is -0.423 e. The lowest BCUT2D eigenvalue weighted by Gasteiger charge is -2.13. The van der Waals surface area contributed by atoms with Crippen LogP contribution in [0.25, 0.3) is 66.8 Å². The van der Waals surface area contributed by atoms with Gasteiger partial charge in [-0.15, -0.1) is 0 Å². The molecule has 14 aromatic rings. The molecule has 0 unspecified atom stereocenters. The topological polar surface area (TPSA) is 77.4 Å². The van der Waals surface area contributed by atoms with Gasteiger partial charge in [0.2, 0.25) is 0 Å². The highest BCUT2D eigenvalue weighted by atomic mass is 16.5. The summed E-state index contributed by atoms with van der Waals surface area (Å²) >= 11 is 0. The average molecular weight is 1530 g/mol. The van der Waals surface area contributed by atoms with Gasteiger partial charge in [0, 0.05) is 26.4 Å². The summed E-state index contributed by atoms with van der Waals surface area (Å²) in [5.41, 5.74) is 33.3. The Labute approximate surface area is 689 Å². The molecule has 14 aromatic carbocycles. The van der Waals surface area contributed by atoms with Gasteiger partial charge in [0.25, 0.3) is 0 Å². The maximum absolute atomic E-state index is 9.78. The maximum Gasteiger partial charge on any atom is 0.488 e. The van der Waals surface area contributed by atoms with E-state index >= 15 is 0 Å². The Kier molecular flexibility index (Phi) is 30.6. The molecule has 6 nitrogen and oxygen atoms in total. The second-order valence-electron chi connectivity index (χ2n) is 31.2. The van der Waals surface area contributed by atoms with Crippen LogP contribution in [0.3, 0.4) is 0 Å². The van der Waals surface area contributed by atoms with Gasteiger partial charge in [0.1, 0.15) is 0 Å². The Morgan fingerprint density at radius 1 is 0.164 bits per heavy atom. The zero-order chi connectivity index (χ0) is 79.0. The summed E-state index contributed by atoms with van der Waals surface area (Å²) in [4.78, 5) is 0. The van der Waals surface area contributed by atoms with Crippen molar-refractivity contribution in [1.82, 2.24) is 0 Å². The van der Waals surface area contributed by atoms with Crippen LogP contribution >= 0.6 is 0 Å². The van der Waals surface area contributed by atoms with Crippen LogP contribution in [0, 0.1) is 0 Å². The van der Waals surface area contributed by atoms with Gasteiger partial charge in [-0.3, -0.25) is 0 Å². The first kappa shape index (κ1) is 81.5. The van der Waals surface area contributed by atoms with Crippen molar-refractivity contribution in [2.45, 2.75) is 136 Å². The minimum absolute atomic E-state index is 0.509. The highest BCUT2D eigenvalue weighted by Crippen LogP contribution is 2.35. The summed E-state index contributed by atoms with van der Waals surface area (Å²) in [5.74, 6) is 0. The van der Waals surface area contributed by atoms with Gasteiger partial charge in [-0.05, 0) is 277 Å². The summed E-state index contributed by atoms with van der Waals surface area (Å²) in [5, 5.41) is 19.6. The second-order valence-corrected chi connectivity index (χ2v) is 31.2. The summed E-state index contributed by atoms with van der Waals surface area (Å²) in [7, 11) is -1.47. The Morgan fingerprint density at radius 2 is 0.345 bits per heavy atom. The third kappa shape index (κ3) is 25.5. The van der Waals surface area contributed by atoms with E-state index in [1.165, 1.54) is 145 Å². The fraction of sp³-hybridized carbons (Fsp3) is 0.229. The van der Waals surface area contributed by atoms with Gasteiger partial charge >= 0.3 is 7.12 Å². The van der Waals surface area contributed by atoms with E-state index < -0.39 is 7.12 Å². The van der Waals surface area contributed by atoms with E-state index in [1.807, 2.05) is 48.5 Å². The lowest BCUT2D eigenvalue weighted by molar-refractivity contribution is 0.118. The molecule has 0 spiro atoms. The molecule has 0 saturated carbocycles. The molecule has 0 fully saturated rings. The first-order valence-electron chi connectivity index (χ1n) is 42.2. The molecule has 0 amide bonds. The highest BCUT2D eigenvalue weighted by Gasteiger charge is 2.15. The van der Waals surface area contributed by atoms with Crippen molar-refractivity contribution in [2.75, 3.05) is 26.4 Å². The normalized spacial score (nSPS) is 11.3. The van der Waals surface area contributed by atoms with Crippen molar-refractivity contribution in [2.24, 2.45) is 0 Å². The van der Waals surface area contributed by atoms with E-state index in [4.69, 9.17) is 18.9 Å². The number of hydrogen-bond acceptors (Lipinski definition) is 6. The fourth-order valence-corrected chi connectivity index (χ4v) is 15.6. The lowest BCUT2D eigenvalue weighted by Crippen LogP contribution is -2.29. The molecule has 0 aliphatic carbocycles. The summed E-state index contributed by atoms with van der Waals surface area (Å²) in [6, 6.07) is 126. The van der Waals surface area contributed by atoms with E-state index in [0.717, 1.165) is 136 Å². The Hall–Kier alpha value is -11.1. The predicted octanol–water partition coefficient (Wildman–Crippen LogP) is 24.5. The quantitative estimate of drug-likeness (QED) is 0.0293. The van der Waals surface area contributed by atoms with Crippen molar-refractivity contribution < 1.29 is 29.0 Å². The van der Waals surface area contributed by atoms with Crippen molar-refractivity contribution >= 4 is 12.6 Å². The third-order valence-electron chi connectivity index (χ3n) is 22.2. The monoisotopic (exact) mass is 1520 g/mol. The average Bonchev–Trinajstić information content (AvgIpc) is 0.819. The molecule has 584 valence electrons. The second kappa shape index (κ2) is 43.6. The number of hydrogen-bond donors (Lipinski definition) is 2. The Bertz CT molecular complexity index is 4710. The molecule has 116 heavy (non-hydrogen) atoms. The van der Waals surface area contributed by atoms with E-state index in [0.29, 0.717) is 31.9 Å². The standard InChI is InChI=1S/C109H109BO6/c111-110(112)109-64-50-85(51-65-109)30-15-33-96-74-103(97-52-38-83(39-53-97)28-13-31-94-70-105(99-56-42-86(43-57-99)34-16-66-113-79-90-20-5-1-6-21-90)77-106(71-94)100-58-44-87(45-59-100)35-17-67-114-80-91-22-7-2-8-23-91)76-104(75-96)98-54-40-84(41-55-98)29-14-32-95-72-107(101-60-46-88(47-61-101)36-18-68-115-81-92-24-9-3-10-25-92)78-108(73-95)102-62-48-89(49-63-102)37-19-69-116-82-93-26-11-4-12-27-93/h1-12,20-27,38-65,70-78,111-112H,13-19,28-37,66-69,79-82H2. The molecule has 0 aliphatic heterocycles. The molecule has 0 bridgehead atoms. The van der Waals surface area contributed by atoms with Crippen molar-refractivity contribution in [3.8, 4) is 66.8 Å². The van der Waals surface area contributed by atoms with Crippen LogP contribution in [-0.4, -0.2) is 43.6 Å². The molecule has 0 saturated heterocycles. The number of rotatable bonds is 43. The van der Waals surface area contributed by atoms with Gasteiger partial charge in [0.15, 0.2) is 0 Å². The summed E-state index contributed by atoms with van der Waals surface area (Å²) in [6.07, 6.45) is 16.5. The first-order valence-corrected chi connectivity index (χ1v) is 42.2. The number of ether oxygens (including phenoxy) is 4. The first-order chi connectivity index (χ1) is 57.2. The van der Waals surface area contributed by atoms with Crippen LogP contribution in [0.15, 0.2) is 346 Å². The van der Waals surface area contributed by atoms with Crippen molar-refractivity contribution in [3.63, 3.8) is 0 Å². The van der Waals surface area contributed by atoms with E-state index in [9.17, 15) is 10.0 Å². The smallest absolute Gasteiger partial charge is 0.423 e. The lowest BCUT2D eigenvalue weighted by atomic mass is 9.80. The fourth-order valence-electron chi connectivity index (χ4n) is 15.6. The van der Waals surface area contributed by atoms with Gasteiger partial charge in [-0.2, -0.15) is 0 Å². The molecule has 0 aliphatic rings. The number of benzene rings is 14. The SMILES string of the molecule is OB(O)c1ccc(CCCc2cc(-c3ccc(CCCc4cc(-c5ccc(CCCOCc6ccccc6)cc5)cc(-c5ccc(CCCOCc6ccccc6)cc5)c4)cc3)cc(-c3ccc(CCCc4cc(-c5ccc(CCCOCc6ccccc6)cc5)cc(-c5ccc(CCCOCc6ccccc6)cc5)c4)cc3)c2)cc1. The van der Waals surface area contributed by atoms with Gasteiger partial charge in [0.05, 0.1) is 26.4 Å². The van der Waals surface area contributed by atoms with Gasteiger partial charge < -0.3 is 29.0 Å². The molecular weight excluding hydrogens is 1420 g/mol. The largest absolute Gasteiger partial charge is 0.488 e. The minimum atomic E-state index is -1.47. The molecule has 14 rings (SSSR count). The molecule has 0 heterocycles. The van der Waals surface area contributed by atoms with Crippen LogP contribution in [-0.2, 0) is 110 Å². The van der Waals surface area contributed by atoms with Crippen LogP contribution < -0.4 is 5.46 Å². The van der Waals surface area contributed by atoms with E-state index in [2.05, 4.69) is 297 Å². The van der Waals surface area contributed by atoms with Crippen LogP contribution in [0.4, 0.5) is 0 Å². The molecule has 0 radical (unpaired) electrons. The number of aryl methyl sites for hydroxylation is 10. The molecule has 0 atom stereocenters. The van der Waals surface area contributed by atoms with Crippen molar-refractivity contribution in [1.29, 1.82) is 0 Å². The Balaban J connectivity index is 0.636. The third-order valence-corrected chi connectivity index (χ3v) is 22.2. The van der Waals surface area contributed by atoms with E-state index in [1.54, 1.807) is 0 Å². The van der Waals surface area contributed by atoms with Crippen LogP contribution in [0.5, 0.6) is 0 Å². The summed E-state index contributed by atoms with van der Waals surface area (Å²) in [6.45, 7) is 5.52. The van der Waals surface area contributed by atoms with Gasteiger partial charge in [-0.1, -0.05) is 328 Å². The predicted molar refractivity (Wildman–Crippen MR) is 482 cm³/mol. The molecule has 0 aromatic heterocycles. The zero-order valence-corrected chi connectivity index (χ0v) is 67.2. The Morgan fingerprint density at radius 3 is 0.543 bits per heavy atom. The highest BCUT2D eigenvalue weighted by molar-refractivity contribution is 6.58. The van der Waals surface area contributed by atoms with Crippen LogP contribution in [0.2, 0.25) is 0 Å². The molecular formula is C109H109BO6. The van der Waals surface area contributed by atoms with E-state index in [-0.39, 0.29) is 0 Å². The van der Waals surface area contributed by atoms with Gasteiger partial charge in [-0.25, -0.2) is 0 Å². The molecule has 7 heteroatoms. The van der Waals surface area contributed by atoms with Crippen molar-refractivity contribution in [3.05, 3.63) is 424 Å². The summed E-state index contributed by atoms with van der Waals surface area (Å²) < 4.78 is 24.1. The molecule has 2 N–H and O–H groups in total.